The number of likely N-dealkylation sites (tertiary alicyclic amines) is 1. The summed E-state index contributed by atoms with van der Waals surface area (Å²) in [5.74, 6) is -0.537. The van der Waals surface area contributed by atoms with E-state index >= 15 is 0 Å². The minimum Gasteiger partial charge on any atom is -0.508 e. The van der Waals surface area contributed by atoms with E-state index < -0.39 is 17.7 Å². The van der Waals surface area contributed by atoms with Crippen LogP contribution in [-0.2, 0) is 28.2 Å². The van der Waals surface area contributed by atoms with E-state index in [9.17, 15) is 34.8 Å². The SMILES string of the molecule is O=C1C=Cc2c(C(O)CNCCC3CCN(C(=O)c4ccc(COc5cccc(C(O)(C(=O)O)c6ccccc6)c5)cc4)CC3)ccc(O)c2C1. The van der Waals surface area contributed by atoms with Crippen molar-refractivity contribution < 1.29 is 39.5 Å². The molecule has 1 fully saturated rings. The van der Waals surface area contributed by atoms with Crippen LogP contribution in [0.15, 0.2) is 97.1 Å². The first-order valence-electron chi connectivity index (χ1n) is 17.2. The minimum atomic E-state index is -2.23. The number of aliphatic hydroxyl groups excluding tert-OH is 1. The van der Waals surface area contributed by atoms with Crippen LogP contribution in [0.5, 0.6) is 11.5 Å². The molecule has 0 spiro atoms. The van der Waals surface area contributed by atoms with Gasteiger partial charge in [0.25, 0.3) is 5.91 Å². The van der Waals surface area contributed by atoms with E-state index in [0.29, 0.717) is 53.6 Å². The van der Waals surface area contributed by atoms with Gasteiger partial charge in [-0.25, -0.2) is 4.79 Å². The number of hydrogen-bond donors (Lipinski definition) is 5. The molecule has 2 aliphatic rings. The molecule has 6 rings (SSSR count). The van der Waals surface area contributed by atoms with Crippen LogP contribution >= 0.6 is 0 Å². The number of ketones is 1. The lowest BCUT2D eigenvalue weighted by Crippen LogP contribution is -2.39. The monoisotopic (exact) mass is 690 g/mol. The highest BCUT2D eigenvalue weighted by Gasteiger charge is 2.40. The Balaban J connectivity index is 0.945. The number of nitrogens with one attached hydrogen (secondary N) is 1. The molecule has 1 aliphatic heterocycles. The van der Waals surface area contributed by atoms with Crippen LogP contribution in [0.3, 0.4) is 0 Å². The van der Waals surface area contributed by atoms with Crippen molar-refractivity contribution in [2.45, 2.75) is 44.0 Å². The first-order chi connectivity index (χ1) is 24.6. The number of aliphatic carboxylic acids is 1. The summed E-state index contributed by atoms with van der Waals surface area (Å²) in [5, 5.41) is 45.4. The molecule has 1 heterocycles. The summed E-state index contributed by atoms with van der Waals surface area (Å²) >= 11 is 0. The van der Waals surface area contributed by atoms with E-state index in [-0.39, 0.29) is 41.6 Å². The number of benzene rings is 4. The van der Waals surface area contributed by atoms with Crippen molar-refractivity contribution in [3.05, 3.63) is 136 Å². The summed E-state index contributed by atoms with van der Waals surface area (Å²) in [5.41, 5.74) is 1.59. The largest absolute Gasteiger partial charge is 0.508 e. The molecule has 0 bridgehead atoms. The number of ether oxygens (including phenoxy) is 1. The lowest BCUT2D eigenvalue weighted by Gasteiger charge is -2.32. The number of carbonyl (C=O) groups excluding carboxylic acids is 2. The van der Waals surface area contributed by atoms with Gasteiger partial charge in [-0.3, -0.25) is 9.59 Å². The second-order valence-corrected chi connectivity index (χ2v) is 13.2. The molecule has 264 valence electrons. The van der Waals surface area contributed by atoms with Crippen molar-refractivity contribution in [3.63, 3.8) is 0 Å². The van der Waals surface area contributed by atoms with E-state index in [0.717, 1.165) is 31.4 Å². The van der Waals surface area contributed by atoms with Crippen LogP contribution in [0.2, 0.25) is 0 Å². The average Bonchev–Trinajstić information content (AvgIpc) is 3.16. The molecule has 51 heavy (non-hydrogen) atoms. The molecule has 0 saturated carbocycles. The van der Waals surface area contributed by atoms with Gasteiger partial charge >= 0.3 is 5.97 Å². The van der Waals surface area contributed by atoms with Crippen LogP contribution in [0.1, 0.15) is 69.1 Å². The third-order valence-corrected chi connectivity index (χ3v) is 9.84. The Morgan fingerprint density at radius 1 is 0.922 bits per heavy atom. The van der Waals surface area contributed by atoms with Gasteiger partial charge < -0.3 is 35.4 Å². The summed E-state index contributed by atoms with van der Waals surface area (Å²) in [6.45, 7) is 2.62. The molecule has 2 atom stereocenters. The van der Waals surface area contributed by atoms with Gasteiger partial charge in [0, 0.05) is 42.7 Å². The zero-order valence-electron chi connectivity index (χ0n) is 28.2. The van der Waals surface area contributed by atoms with Gasteiger partial charge in [-0.1, -0.05) is 66.7 Å². The second kappa shape index (κ2) is 15.7. The van der Waals surface area contributed by atoms with Gasteiger partial charge in [0.1, 0.15) is 18.1 Å². The highest BCUT2D eigenvalue weighted by atomic mass is 16.5. The molecule has 1 amide bonds. The Kier molecular flexibility index (Phi) is 11.0. The molecule has 10 heteroatoms. The van der Waals surface area contributed by atoms with E-state index in [1.54, 1.807) is 72.8 Å². The number of carbonyl (C=O) groups is 3. The number of fused-ring (bicyclic) bond motifs is 1. The van der Waals surface area contributed by atoms with E-state index in [1.165, 1.54) is 18.2 Å². The zero-order valence-corrected chi connectivity index (χ0v) is 28.2. The van der Waals surface area contributed by atoms with Crippen LogP contribution in [0.25, 0.3) is 6.08 Å². The van der Waals surface area contributed by atoms with E-state index in [4.69, 9.17) is 4.74 Å². The molecule has 1 aliphatic carbocycles. The Hall–Kier alpha value is -5.29. The number of aromatic hydroxyl groups is 1. The number of piperidine rings is 1. The molecule has 0 aromatic heterocycles. The van der Waals surface area contributed by atoms with Crippen LogP contribution in [-0.4, -0.2) is 69.2 Å². The number of carboxylic acids is 1. The van der Waals surface area contributed by atoms with Crippen molar-refractivity contribution in [2.75, 3.05) is 26.2 Å². The van der Waals surface area contributed by atoms with Gasteiger partial charge in [0.2, 0.25) is 5.60 Å². The Morgan fingerprint density at radius 2 is 1.65 bits per heavy atom. The van der Waals surface area contributed by atoms with Crippen LogP contribution in [0.4, 0.5) is 0 Å². The number of aliphatic hydroxyl groups is 2. The number of nitrogens with zero attached hydrogens (tertiary/aromatic N) is 1. The third-order valence-electron chi connectivity index (χ3n) is 9.84. The normalized spacial score (nSPS) is 16.3. The molecule has 2 unspecified atom stereocenters. The number of rotatable bonds is 13. The Morgan fingerprint density at radius 3 is 2.37 bits per heavy atom. The van der Waals surface area contributed by atoms with Crippen molar-refractivity contribution in [2.24, 2.45) is 5.92 Å². The van der Waals surface area contributed by atoms with Crippen LogP contribution in [0, 0.1) is 5.92 Å². The summed E-state index contributed by atoms with van der Waals surface area (Å²) < 4.78 is 5.94. The summed E-state index contributed by atoms with van der Waals surface area (Å²) in [6, 6.07) is 25.1. The number of amides is 1. The highest BCUT2D eigenvalue weighted by molar-refractivity contribution is 5.99. The average molecular weight is 691 g/mol. The van der Waals surface area contributed by atoms with Gasteiger partial charge in [-0.05, 0) is 90.4 Å². The van der Waals surface area contributed by atoms with Crippen LogP contribution < -0.4 is 10.1 Å². The number of phenolic OH excluding ortho intramolecular Hbond substituents is 1. The van der Waals surface area contributed by atoms with Crippen molar-refractivity contribution in [1.82, 2.24) is 10.2 Å². The van der Waals surface area contributed by atoms with E-state index in [2.05, 4.69) is 5.32 Å². The summed E-state index contributed by atoms with van der Waals surface area (Å²) in [7, 11) is 0. The predicted octanol–water partition coefficient (Wildman–Crippen LogP) is 5.00. The van der Waals surface area contributed by atoms with Crippen molar-refractivity contribution in [1.29, 1.82) is 0 Å². The van der Waals surface area contributed by atoms with Gasteiger partial charge in [-0.2, -0.15) is 0 Å². The lowest BCUT2D eigenvalue weighted by atomic mass is 9.86. The fraction of sp³-hybridized carbons (Fsp3) is 0.293. The predicted molar refractivity (Wildman–Crippen MR) is 191 cm³/mol. The molecule has 5 N–H and O–H groups in total. The van der Waals surface area contributed by atoms with Crippen molar-refractivity contribution >= 4 is 23.7 Å². The van der Waals surface area contributed by atoms with Gasteiger partial charge in [0.15, 0.2) is 5.78 Å². The Bertz CT molecular complexity index is 1900. The molecular formula is C41H42N2O8. The number of hydrogen-bond acceptors (Lipinski definition) is 8. The fourth-order valence-electron chi connectivity index (χ4n) is 6.83. The fourth-order valence-corrected chi connectivity index (χ4v) is 6.83. The highest BCUT2D eigenvalue weighted by Crippen LogP contribution is 2.34. The first kappa shape index (κ1) is 35.5. The maximum absolute atomic E-state index is 13.3. The second-order valence-electron chi connectivity index (χ2n) is 13.2. The van der Waals surface area contributed by atoms with Crippen molar-refractivity contribution in [3.8, 4) is 11.5 Å². The van der Waals surface area contributed by atoms with Gasteiger partial charge in [0.05, 0.1) is 6.10 Å². The number of phenols is 1. The molecule has 4 aromatic rings. The third kappa shape index (κ3) is 8.04. The zero-order chi connectivity index (χ0) is 36.0. The molecule has 1 saturated heterocycles. The Labute approximate surface area is 296 Å². The standard InChI is InChI=1S/C41H42N2O8/c44-32-13-14-34-35(15-16-37(45)36(34)24-32)38(46)25-42-20-17-27-18-21-43(22-19-27)39(47)29-11-9-28(10-12-29)26-51-33-8-4-7-31(23-33)41(50,40(48)49)30-5-2-1-3-6-30/h1-16,23,27,38,42,45-46,50H,17-22,24-26H2,(H,48,49). The smallest absolute Gasteiger partial charge is 0.345 e. The van der Waals surface area contributed by atoms with Gasteiger partial charge in [-0.15, -0.1) is 0 Å². The molecular weight excluding hydrogens is 648 g/mol. The molecule has 0 radical (unpaired) electrons. The maximum atomic E-state index is 13.3. The number of carboxylic acid groups (broad SMARTS) is 1. The topological polar surface area (TPSA) is 157 Å². The summed E-state index contributed by atoms with van der Waals surface area (Å²) in [6.07, 6.45) is 5.22. The lowest BCUT2D eigenvalue weighted by molar-refractivity contribution is -0.155. The maximum Gasteiger partial charge on any atom is 0.345 e. The minimum absolute atomic E-state index is 0.0169. The molecule has 10 nitrogen and oxygen atoms in total. The summed E-state index contributed by atoms with van der Waals surface area (Å²) in [4.78, 5) is 39.1. The quantitative estimate of drug-likeness (QED) is 0.122. The van der Waals surface area contributed by atoms with E-state index in [1.807, 2.05) is 17.0 Å². The number of allylic oxidation sites excluding steroid dienone is 1. The first-order valence-corrected chi connectivity index (χ1v) is 17.2. The molecule has 4 aromatic carbocycles.